The molecule has 0 saturated carbocycles. The van der Waals surface area contributed by atoms with Crippen LogP contribution in [0.1, 0.15) is 32.3 Å². The molecule has 1 amide bonds. The molecule has 1 saturated heterocycles. The van der Waals surface area contributed by atoms with Crippen LogP contribution in [0.3, 0.4) is 0 Å². The molecule has 5 nitrogen and oxygen atoms in total. The summed E-state index contributed by atoms with van der Waals surface area (Å²) in [4.78, 5) is 26.1. The Hall–Kier alpha value is -1.85. The van der Waals surface area contributed by atoms with Crippen LogP contribution < -0.4 is 5.32 Å². The van der Waals surface area contributed by atoms with Crippen molar-refractivity contribution in [3.63, 3.8) is 0 Å². The lowest BCUT2D eigenvalue weighted by Gasteiger charge is -2.18. The van der Waals surface area contributed by atoms with Gasteiger partial charge in [0.05, 0.1) is 0 Å². The molecule has 130 valence electrons. The van der Waals surface area contributed by atoms with Crippen molar-refractivity contribution in [2.75, 3.05) is 18.9 Å². The number of rotatable bonds is 3. The number of amides is 1. The van der Waals surface area contributed by atoms with Gasteiger partial charge in [-0.15, -0.1) is 0 Å². The molecule has 0 unspecified atom stereocenters. The Morgan fingerprint density at radius 1 is 1.38 bits per heavy atom. The number of likely N-dealkylation sites (N-methyl/N-ethyl adjacent to an activating group) is 1. The Morgan fingerprint density at radius 3 is 2.67 bits per heavy atom. The number of nitrogens with zero attached hydrogens (tertiary/aromatic N) is 1. The highest BCUT2D eigenvalue weighted by Crippen LogP contribution is 2.26. The van der Waals surface area contributed by atoms with E-state index in [1.54, 1.807) is 0 Å². The van der Waals surface area contributed by atoms with Gasteiger partial charge in [0.2, 0.25) is 11.1 Å². The maximum absolute atomic E-state index is 11.2. The van der Waals surface area contributed by atoms with Gasteiger partial charge in [0, 0.05) is 42.7 Å². The number of hydrogen-bond donors (Lipinski definition) is 2. The molecule has 1 atom stereocenters. The molecule has 1 fully saturated rings. The summed E-state index contributed by atoms with van der Waals surface area (Å²) in [7, 11) is 2.20. The Morgan fingerprint density at radius 2 is 2.08 bits per heavy atom. The van der Waals surface area contributed by atoms with Crippen LogP contribution in [0, 0.1) is 0 Å². The first-order valence-electron chi connectivity index (χ1n) is 8.10. The molecule has 2 heterocycles. The maximum Gasteiger partial charge on any atom is 0.221 e. The summed E-state index contributed by atoms with van der Waals surface area (Å²) in [6, 6.07) is 6.67. The van der Waals surface area contributed by atoms with E-state index in [2.05, 4.69) is 46.1 Å². The first-order chi connectivity index (χ1) is 11.4. The van der Waals surface area contributed by atoms with Crippen molar-refractivity contribution in [2.45, 2.75) is 39.2 Å². The molecule has 24 heavy (non-hydrogen) atoms. The molecule has 1 aliphatic heterocycles. The van der Waals surface area contributed by atoms with Crippen molar-refractivity contribution in [3.8, 4) is 0 Å². The van der Waals surface area contributed by atoms with E-state index in [-0.39, 0.29) is 11.1 Å². The zero-order valence-electron chi connectivity index (χ0n) is 14.4. The molecule has 2 aromatic rings. The van der Waals surface area contributed by atoms with E-state index >= 15 is 0 Å². The fourth-order valence-corrected chi connectivity index (χ4v) is 3.12. The quantitative estimate of drug-likeness (QED) is 0.833. The van der Waals surface area contributed by atoms with Gasteiger partial charge in [0.25, 0.3) is 0 Å². The molecule has 3 rings (SSSR count). The van der Waals surface area contributed by atoms with Crippen molar-refractivity contribution >= 4 is 39.3 Å². The number of benzene rings is 1. The molecule has 6 heteroatoms. The topological polar surface area (TPSA) is 65.2 Å². The summed E-state index contributed by atoms with van der Waals surface area (Å²) in [5.74, 6) is -0.0306. The predicted octanol–water partition coefficient (Wildman–Crippen LogP) is 3.53. The van der Waals surface area contributed by atoms with Crippen molar-refractivity contribution in [2.24, 2.45) is 0 Å². The van der Waals surface area contributed by atoms with E-state index in [4.69, 9.17) is 0 Å². The van der Waals surface area contributed by atoms with Crippen LogP contribution in [0.2, 0.25) is 0 Å². The molecule has 1 aromatic carbocycles. The van der Waals surface area contributed by atoms with Crippen LogP contribution in [0.4, 0.5) is 5.69 Å². The number of likely N-dealkylation sites (tertiary alicyclic amines) is 1. The molecular formula is C18H24ClN3O2. The molecular weight excluding hydrogens is 326 g/mol. The molecule has 0 radical (unpaired) electrons. The van der Waals surface area contributed by atoms with Crippen molar-refractivity contribution in [3.05, 3.63) is 30.0 Å². The van der Waals surface area contributed by atoms with Gasteiger partial charge in [-0.1, -0.05) is 0 Å². The first-order valence-corrected chi connectivity index (χ1v) is 8.48. The van der Waals surface area contributed by atoms with Gasteiger partial charge in [-0.2, -0.15) is 0 Å². The van der Waals surface area contributed by atoms with Crippen molar-refractivity contribution in [1.82, 2.24) is 9.88 Å². The summed E-state index contributed by atoms with van der Waals surface area (Å²) in [6.45, 7) is 4.03. The minimum absolute atomic E-state index is 0.0306. The minimum atomic E-state index is -0.361. The number of anilines is 1. The second kappa shape index (κ2) is 8.31. The Balaban J connectivity index is 0.000000471. The van der Waals surface area contributed by atoms with E-state index in [0.29, 0.717) is 6.04 Å². The zero-order chi connectivity index (χ0) is 17.7. The summed E-state index contributed by atoms with van der Waals surface area (Å²) in [5.41, 5.74) is 3.34. The number of nitrogens with one attached hydrogen (secondary N) is 2. The second-order valence-corrected chi connectivity index (χ2v) is 6.74. The number of hydrogen-bond acceptors (Lipinski definition) is 3. The van der Waals surface area contributed by atoms with Gasteiger partial charge in [-0.05, 0) is 68.2 Å². The van der Waals surface area contributed by atoms with Gasteiger partial charge in [-0.3, -0.25) is 9.59 Å². The van der Waals surface area contributed by atoms with E-state index < -0.39 is 0 Å². The maximum atomic E-state index is 11.2. The Kier molecular flexibility index (Phi) is 6.40. The summed E-state index contributed by atoms with van der Waals surface area (Å²) >= 11 is 4.64. The second-order valence-electron chi connectivity index (χ2n) is 6.21. The number of carbonyl (C=O) groups is 2. The third kappa shape index (κ3) is 5.08. The van der Waals surface area contributed by atoms with E-state index in [1.807, 2.05) is 12.1 Å². The number of carbonyl (C=O) groups excluding carboxylic acids is 2. The fraction of sp³-hybridized carbons (Fsp3) is 0.444. The largest absolute Gasteiger partial charge is 0.361 e. The SMILES string of the molecule is CC(=O)Cl.CC(=O)Nc1ccc2[nH]cc(C[C@H]3CCCN3C)c2c1. The van der Waals surface area contributed by atoms with Gasteiger partial charge in [0.1, 0.15) is 0 Å². The van der Waals surface area contributed by atoms with Crippen LogP contribution in [0.25, 0.3) is 10.9 Å². The average molecular weight is 350 g/mol. The predicted molar refractivity (Wildman–Crippen MR) is 98.5 cm³/mol. The van der Waals surface area contributed by atoms with E-state index in [9.17, 15) is 9.59 Å². The van der Waals surface area contributed by atoms with Gasteiger partial charge < -0.3 is 15.2 Å². The summed E-state index contributed by atoms with van der Waals surface area (Å²) in [5, 5.41) is 3.71. The average Bonchev–Trinajstić information content (AvgIpc) is 3.06. The highest BCUT2D eigenvalue weighted by Gasteiger charge is 2.22. The first kappa shape index (κ1) is 18.5. The number of aromatic amines is 1. The van der Waals surface area contributed by atoms with Gasteiger partial charge in [0.15, 0.2) is 0 Å². The Labute approximate surface area is 147 Å². The number of halogens is 1. The van der Waals surface area contributed by atoms with Crippen LogP contribution in [0.15, 0.2) is 24.4 Å². The van der Waals surface area contributed by atoms with Crippen LogP contribution in [-0.2, 0) is 16.0 Å². The van der Waals surface area contributed by atoms with Crippen LogP contribution in [-0.4, -0.2) is 40.7 Å². The summed E-state index contributed by atoms with van der Waals surface area (Å²) in [6.07, 6.45) is 5.74. The number of H-pyrrole nitrogens is 1. The van der Waals surface area contributed by atoms with Crippen molar-refractivity contribution in [1.29, 1.82) is 0 Å². The Bertz CT molecular complexity index is 722. The zero-order valence-corrected chi connectivity index (χ0v) is 15.1. The molecule has 0 bridgehead atoms. The number of aromatic nitrogens is 1. The normalized spacial score (nSPS) is 17.4. The van der Waals surface area contributed by atoms with E-state index in [1.165, 1.54) is 44.2 Å². The fourth-order valence-electron chi connectivity index (χ4n) is 3.12. The third-order valence-electron chi connectivity index (χ3n) is 4.21. The lowest BCUT2D eigenvalue weighted by Crippen LogP contribution is -2.26. The highest BCUT2D eigenvalue weighted by atomic mass is 35.5. The molecule has 0 spiro atoms. The standard InChI is InChI=1S/C16H21N3O.C2H3ClO/c1-11(20)18-13-5-6-16-15(9-13)12(10-17-16)8-14-4-3-7-19(14)2;1-2(3)4/h5-6,9-10,14,17H,3-4,7-8H2,1-2H3,(H,18,20);1H3/t14-;/m1./s1. The lowest BCUT2D eigenvalue weighted by molar-refractivity contribution is -0.114. The minimum Gasteiger partial charge on any atom is -0.361 e. The summed E-state index contributed by atoms with van der Waals surface area (Å²) < 4.78 is 0. The molecule has 1 aromatic heterocycles. The number of fused-ring (bicyclic) bond motifs is 1. The molecule has 0 aliphatic carbocycles. The van der Waals surface area contributed by atoms with Gasteiger partial charge >= 0.3 is 0 Å². The lowest BCUT2D eigenvalue weighted by atomic mass is 10.0. The molecule has 1 aliphatic rings. The smallest absolute Gasteiger partial charge is 0.221 e. The van der Waals surface area contributed by atoms with Crippen LogP contribution in [0.5, 0.6) is 0 Å². The van der Waals surface area contributed by atoms with Crippen molar-refractivity contribution < 1.29 is 9.59 Å². The molecule has 2 N–H and O–H groups in total. The van der Waals surface area contributed by atoms with Crippen LogP contribution >= 0.6 is 11.6 Å². The highest BCUT2D eigenvalue weighted by molar-refractivity contribution is 6.62. The monoisotopic (exact) mass is 349 g/mol. The van der Waals surface area contributed by atoms with E-state index in [0.717, 1.165) is 17.6 Å². The van der Waals surface area contributed by atoms with Gasteiger partial charge in [-0.25, -0.2) is 0 Å². The third-order valence-corrected chi connectivity index (χ3v) is 4.21.